The molecule has 0 amide bonds. The van der Waals surface area contributed by atoms with E-state index in [4.69, 9.17) is 21.3 Å². The molecule has 8 heteroatoms. The van der Waals surface area contributed by atoms with Crippen LogP contribution in [-0.2, 0) is 16.1 Å². The summed E-state index contributed by atoms with van der Waals surface area (Å²) >= 11 is 6.01. The fraction of sp³-hybridized carbons (Fsp3) is 0.417. The molecular weight excluding hydrogens is 428 g/mol. The Morgan fingerprint density at radius 2 is 1.91 bits per heavy atom. The van der Waals surface area contributed by atoms with Gasteiger partial charge in [0, 0.05) is 35.1 Å². The number of hydrogen-bond donors (Lipinski definition) is 0. The van der Waals surface area contributed by atoms with Crippen LogP contribution in [0.2, 0.25) is 5.02 Å². The standard InChI is InChI=1S/C24H29ClN4O3/c1-4-6-7-14-28-21(26-17(3)8-13-23(31)32-5-2)15-22(30)29-16-20(27-24(28)29)18-9-11-19(25)12-10-18/h9-12,15-16H,4-8,13-14H2,1-3H3. The van der Waals surface area contributed by atoms with E-state index in [1.807, 2.05) is 23.6 Å². The highest BCUT2D eigenvalue weighted by molar-refractivity contribution is 6.30. The number of aromatic nitrogens is 3. The van der Waals surface area contributed by atoms with E-state index >= 15 is 0 Å². The first-order valence-corrected chi connectivity index (χ1v) is 11.4. The van der Waals surface area contributed by atoms with Crippen LogP contribution < -0.4 is 5.56 Å². The highest BCUT2D eigenvalue weighted by Crippen LogP contribution is 2.23. The minimum Gasteiger partial charge on any atom is -0.466 e. The number of aryl methyl sites for hydroxylation is 1. The van der Waals surface area contributed by atoms with Crippen LogP contribution >= 0.6 is 11.6 Å². The van der Waals surface area contributed by atoms with Crippen LogP contribution in [0.25, 0.3) is 17.0 Å². The first kappa shape index (κ1) is 23.7. The number of nitrogens with zero attached hydrogens (tertiary/aromatic N) is 4. The molecule has 0 atom stereocenters. The Morgan fingerprint density at radius 1 is 1.16 bits per heavy atom. The Morgan fingerprint density at radius 3 is 2.59 bits per heavy atom. The van der Waals surface area contributed by atoms with Crippen molar-refractivity contribution in [2.75, 3.05) is 6.61 Å². The number of fused-ring (bicyclic) bond motifs is 1. The summed E-state index contributed by atoms with van der Waals surface area (Å²) in [6.45, 7) is 6.84. The summed E-state index contributed by atoms with van der Waals surface area (Å²) in [5.41, 5.74) is 2.14. The zero-order valence-electron chi connectivity index (χ0n) is 18.8. The molecule has 2 aromatic heterocycles. The van der Waals surface area contributed by atoms with Gasteiger partial charge < -0.3 is 4.74 Å². The van der Waals surface area contributed by atoms with Crippen molar-refractivity contribution in [1.29, 1.82) is 0 Å². The van der Waals surface area contributed by atoms with Gasteiger partial charge in [-0.3, -0.25) is 18.6 Å². The Kier molecular flexibility index (Phi) is 8.22. The molecule has 0 fully saturated rings. The lowest BCUT2D eigenvalue weighted by atomic mass is 10.2. The molecule has 0 radical (unpaired) electrons. The number of rotatable bonds is 10. The lowest BCUT2D eigenvalue weighted by Crippen LogP contribution is -2.17. The number of esters is 1. The maximum atomic E-state index is 12.9. The van der Waals surface area contributed by atoms with Crippen molar-refractivity contribution in [3.8, 4) is 11.3 Å². The zero-order valence-corrected chi connectivity index (χ0v) is 19.6. The molecule has 3 rings (SSSR count). The van der Waals surface area contributed by atoms with E-state index in [0.717, 1.165) is 30.5 Å². The van der Waals surface area contributed by atoms with Gasteiger partial charge in [-0.2, -0.15) is 0 Å². The first-order valence-electron chi connectivity index (χ1n) is 11.0. The van der Waals surface area contributed by atoms with Crippen molar-refractivity contribution in [2.45, 2.75) is 59.4 Å². The van der Waals surface area contributed by atoms with Crippen LogP contribution in [0.15, 0.2) is 46.3 Å². The van der Waals surface area contributed by atoms with E-state index in [2.05, 4.69) is 11.9 Å². The van der Waals surface area contributed by atoms with Crippen molar-refractivity contribution in [1.82, 2.24) is 14.0 Å². The van der Waals surface area contributed by atoms with Gasteiger partial charge in [0.1, 0.15) is 5.82 Å². The monoisotopic (exact) mass is 456 g/mol. The second-order valence-electron chi connectivity index (χ2n) is 7.65. The largest absolute Gasteiger partial charge is 0.466 e. The third kappa shape index (κ3) is 5.85. The second-order valence-corrected chi connectivity index (χ2v) is 8.09. The maximum absolute atomic E-state index is 12.9. The van der Waals surface area contributed by atoms with Crippen molar-refractivity contribution in [2.24, 2.45) is 4.99 Å². The zero-order chi connectivity index (χ0) is 23.1. The Labute approximate surface area is 192 Å². The quantitative estimate of drug-likeness (QED) is 0.231. The number of benzene rings is 1. The average molecular weight is 457 g/mol. The van der Waals surface area contributed by atoms with Gasteiger partial charge in [0.15, 0.2) is 0 Å². The summed E-state index contributed by atoms with van der Waals surface area (Å²) in [7, 11) is 0. The molecule has 7 nitrogen and oxygen atoms in total. The third-order valence-corrected chi connectivity index (χ3v) is 5.37. The molecular formula is C24H29ClN4O3. The molecule has 2 heterocycles. The lowest BCUT2D eigenvalue weighted by molar-refractivity contribution is -0.142. The summed E-state index contributed by atoms with van der Waals surface area (Å²) in [6.07, 6.45) is 5.57. The van der Waals surface area contributed by atoms with E-state index in [1.54, 1.807) is 29.7 Å². The third-order valence-electron chi connectivity index (χ3n) is 5.12. The van der Waals surface area contributed by atoms with Gasteiger partial charge in [-0.05, 0) is 38.8 Å². The normalized spacial score (nSPS) is 11.8. The molecule has 0 aliphatic heterocycles. The molecule has 1 aromatic carbocycles. The van der Waals surface area contributed by atoms with E-state index in [0.29, 0.717) is 41.9 Å². The minimum absolute atomic E-state index is 0.198. The van der Waals surface area contributed by atoms with Crippen LogP contribution in [0, 0.1) is 0 Å². The van der Waals surface area contributed by atoms with Gasteiger partial charge in [-0.15, -0.1) is 0 Å². The Hall–Kier alpha value is -2.93. The lowest BCUT2D eigenvalue weighted by Gasteiger charge is -2.12. The maximum Gasteiger partial charge on any atom is 0.306 e. The smallest absolute Gasteiger partial charge is 0.306 e. The summed E-state index contributed by atoms with van der Waals surface area (Å²) in [4.78, 5) is 34.0. The van der Waals surface area contributed by atoms with Crippen molar-refractivity contribution >= 4 is 34.9 Å². The number of carbonyl (C=O) groups is 1. The van der Waals surface area contributed by atoms with Gasteiger partial charge in [0.2, 0.25) is 5.78 Å². The molecule has 32 heavy (non-hydrogen) atoms. The summed E-state index contributed by atoms with van der Waals surface area (Å²) < 4.78 is 8.52. The van der Waals surface area contributed by atoms with Crippen LogP contribution in [0.5, 0.6) is 0 Å². The van der Waals surface area contributed by atoms with Gasteiger partial charge in [0.05, 0.1) is 18.7 Å². The van der Waals surface area contributed by atoms with Crippen molar-refractivity contribution in [3.05, 3.63) is 51.9 Å². The van der Waals surface area contributed by atoms with Crippen LogP contribution in [0.3, 0.4) is 0 Å². The van der Waals surface area contributed by atoms with Crippen LogP contribution in [-0.4, -0.2) is 32.2 Å². The highest BCUT2D eigenvalue weighted by atomic mass is 35.5. The summed E-state index contributed by atoms with van der Waals surface area (Å²) in [5.74, 6) is 0.849. The number of aliphatic imine (C=N–C) groups is 1. The number of hydrogen-bond acceptors (Lipinski definition) is 5. The fourth-order valence-corrected chi connectivity index (χ4v) is 3.56. The predicted octanol–water partition coefficient (Wildman–Crippen LogP) is 5.44. The van der Waals surface area contributed by atoms with Crippen LogP contribution in [0.1, 0.15) is 52.9 Å². The SMILES string of the molecule is CCCCCn1c(N=C(C)CCC(=O)OCC)cc(=O)n2cc(-c3ccc(Cl)cc3)nc12. The first-order chi connectivity index (χ1) is 15.4. The second kappa shape index (κ2) is 11.1. The van der Waals surface area contributed by atoms with Gasteiger partial charge in [-0.1, -0.05) is 43.5 Å². The molecule has 0 unspecified atom stereocenters. The Balaban J connectivity index is 2.02. The molecule has 0 aliphatic carbocycles. The van der Waals surface area contributed by atoms with Gasteiger partial charge in [-0.25, -0.2) is 9.98 Å². The predicted molar refractivity (Wildman–Crippen MR) is 128 cm³/mol. The molecule has 3 aromatic rings. The van der Waals surface area contributed by atoms with Gasteiger partial charge >= 0.3 is 5.97 Å². The molecule has 0 saturated heterocycles. The number of carbonyl (C=O) groups excluding carboxylic acids is 1. The van der Waals surface area contributed by atoms with Crippen LogP contribution in [0.4, 0.5) is 5.82 Å². The van der Waals surface area contributed by atoms with E-state index < -0.39 is 0 Å². The fourth-order valence-electron chi connectivity index (χ4n) is 3.44. The molecule has 0 N–H and O–H groups in total. The highest BCUT2D eigenvalue weighted by Gasteiger charge is 2.14. The van der Waals surface area contributed by atoms with Gasteiger partial charge in [0.25, 0.3) is 5.56 Å². The topological polar surface area (TPSA) is 78.0 Å². The van der Waals surface area contributed by atoms with Crippen molar-refractivity contribution in [3.63, 3.8) is 0 Å². The minimum atomic E-state index is -0.251. The Bertz CT molecular complexity index is 1160. The number of halogens is 1. The molecule has 170 valence electrons. The number of ether oxygens (including phenoxy) is 1. The number of unbranched alkanes of at least 4 members (excludes halogenated alkanes) is 2. The average Bonchev–Trinajstić information content (AvgIpc) is 3.21. The summed E-state index contributed by atoms with van der Waals surface area (Å²) in [6, 6.07) is 8.90. The molecule has 0 aliphatic rings. The summed E-state index contributed by atoms with van der Waals surface area (Å²) in [5, 5.41) is 0.645. The number of imidazole rings is 1. The van der Waals surface area contributed by atoms with E-state index in [9.17, 15) is 9.59 Å². The van der Waals surface area contributed by atoms with E-state index in [-0.39, 0.29) is 17.9 Å². The molecule has 0 bridgehead atoms. The molecule has 0 spiro atoms. The van der Waals surface area contributed by atoms with E-state index in [1.165, 1.54) is 6.07 Å². The van der Waals surface area contributed by atoms with Crippen molar-refractivity contribution < 1.29 is 9.53 Å². The molecule has 0 saturated carbocycles.